The maximum Gasteiger partial charge on any atom is 0.450 e. The van der Waals surface area contributed by atoms with Crippen LogP contribution in [-0.4, -0.2) is 64.9 Å². The zero-order chi connectivity index (χ0) is 25.6. The molecule has 0 saturated carbocycles. The van der Waals surface area contributed by atoms with E-state index in [4.69, 9.17) is 9.47 Å². The van der Waals surface area contributed by atoms with Crippen LogP contribution >= 0.6 is 0 Å². The second kappa shape index (κ2) is 9.47. The van der Waals surface area contributed by atoms with E-state index in [-0.39, 0.29) is 11.5 Å². The topological polar surface area (TPSA) is 48.2 Å². The van der Waals surface area contributed by atoms with Crippen LogP contribution in [0, 0.1) is 13.8 Å². The van der Waals surface area contributed by atoms with Gasteiger partial charge in [-0.1, -0.05) is 36.2 Å². The summed E-state index contributed by atoms with van der Waals surface area (Å²) in [6.07, 6.45) is 4.34. The van der Waals surface area contributed by atoms with Gasteiger partial charge in [0, 0.05) is 55.6 Å². The van der Waals surface area contributed by atoms with Gasteiger partial charge in [-0.2, -0.15) is 4.90 Å². The van der Waals surface area contributed by atoms with E-state index < -0.39 is 0 Å². The van der Waals surface area contributed by atoms with Gasteiger partial charge in [-0.05, 0) is 38.5 Å². The first-order valence-corrected chi connectivity index (χ1v) is 13.2. The molecule has 0 aromatic heterocycles. The van der Waals surface area contributed by atoms with Crippen molar-refractivity contribution < 1.29 is 19.2 Å². The molecule has 5 rings (SSSR count). The third-order valence-corrected chi connectivity index (χ3v) is 8.30. The Morgan fingerprint density at radius 2 is 1.72 bits per heavy atom. The molecular formula is C30H40N3O3+. The minimum absolute atomic E-state index is 0.163. The quantitative estimate of drug-likeness (QED) is 0.590. The molecule has 1 N–H and O–H groups in total. The highest BCUT2D eigenvalue weighted by Crippen LogP contribution is 2.46. The van der Waals surface area contributed by atoms with Gasteiger partial charge in [0.1, 0.15) is 18.0 Å². The van der Waals surface area contributed by atoms with Gasteiger partial charge >= 0.3 is 6.02 Å². The summed E-state index contributed by atoms with van der Waals surface area (Å²) in [6, 6.07) is 11.3. The Morgan fingerprint density at radius 1 is 1.03 bits per heavy atom. The molecule has 192 valence electrons. The van der Waals surface area contributed by atoms with Crippen molar-refractivity contribution in [3.8, 4) is 11.5 Å². The van der Waals surface area contributed by atoms with Gasteiger partial charge < -0.3 is 14.6 Å². The van der Waals surface area contributed by atoms with Crippen molar-refractivity contribution in [3.05, 3.63) is 69.9 Å². The Labute approximate surface area is 215 Å². The molecule has 6 heteroatoms. The molecule has 0 amide bonds. The number of benzene rings is 2. The summed E-state index contributed by atoms with van der Waals surface area (Å²) in [5.74, 6) is 1.79. The van der Waals surface area contributed by atoms with Crippen LogP contribution in [0.4, 0.5) is 0 Å². The smallest absolute Gasteiger partial charge is 0.450 e. The number of nitrogens with zero attached hydrogens (tertiary/aromatic N) is 3. The summed E-state index contributed by atoms with van der Waals surface area (Å²) in [5, 5.41) is 11.5. The van der Waals surface area contributed by atoms with Gasteiger partial charge in [0.05, 0.1) is 20.8 Å². The molecule has 36 heavy (non-hydrogen) atoms. The lowest BCUT2D eigenvalue weighted by Gasteiger charge is -2.38. The van der Waals surface area contributed by atoms with Gasteiger partial charge in [0.2, 0.25) is 0 Å². The standard InChI is InChI=1S/C30H39N3O3/c1-7-33-29(34)32-19-24-16-25(35-5)17-26(36-6)28(24)22(4)15-27(32)30(33)8-10-31(11-9-30)18-23-13-20(2)12-21(3)14-23/h12-17,22H,7-11,18-19H2,1-6H3/p+1. The summed E-state index contributed by atoms with van der Waals surface area (Å²) in [4.78, 5) is 4.70. The molecule has 1 atom stereocenters. The van der Waals surface area contributed by atoms with Crippen molar-refractivity contribution in [2.24, 2.45) is 0 Å². The summed E-state index contributed by atoms with van der Waals surface area (Å²) in [5.41, 5.74) is 7.40. The molecule has 3 aliphatic rings. The second-order valence-corrected chi connectivity index (χ2v) is 10.7. The fourth-order valence-electron chi connectivity index (χ4n) is 6.79. The minimum atomic E-state index is -0.189. The van der Waals surface area contributed by atoms with Crippen LogP contribution in [0.3, 0.4) is 0 Å². The van der Waals surface area contributed by atoms with E-state index >= 15 is 0 Å². The molecule has 2 aromatic rings. The SMILES string of the molecule is CC[N+]1=C(O)N2Cc3cc(OC)cc(OC)c3C(C)C=C2C12CCN(Cc1cc(C)cc(C)c1)CC2. The first-order valence-electron chi connectivity index (χ1n) is 13.2. The van der Waals surface area contributed by atoms with E-state index in [1.165, 1.54) is 28.0 Å². The second-order valence-electron chi connectivity index (χ2n) is 10.7. The molecule has 3 aliphatic heterocycles. The number of aliphatic hydroxyl groups is 1. The number of rotatable bonds is 5. The van der Waals surface area contributed by atoms with Crippen molar-refractivity contribution in [3.63, 3.8) is 0 Å². The molecule has 0 aliphatic carbocycles. The average molecular weight is 491 g/mol. The molecule has 2 aromatic carbocycles. The number of likely N-dealkylation sites (N-methyl/N-ethyl adjacent to an activating group) is 1. The number of likely N-dealkylation sites (tertiary alicyclic amines) is 1. The van der Waals surface area contributed by atoms with Crippen molar-refractivity contribution in [1.29, 1.82) is 0 Å². The summed E-state index contributed by atoms with van der Waals surface area (Å²) < 4.78 is 13.6. The Hall–Kier alpha value is -2.99. The van der Waals surface area contributed by atoms with E-state index in [0.717, 1.165) is 56.1 Å². The highest BCUT2D eigenvalue weighted by atomic mass is 16.5. The van der Waals surface area contributed by atoms with E-state index in [9.17, 15) is 5.11 Å². The summed E-state index contributed by atoms with van der Waals surface area (Å²) in [7, 11) is 3.40. The van der Waals surface area contributed by atoms with Crippen LogP contribution in [0.2, 0.25) is 0 Å². The van der Waals surface area contributed by atoms with E-state index in [0.29, 0.717) is 12.6 Å². The highest BCUT2D eigenvalue weighted by molar-refractivity contribution is 5.73. The number of amidine groups is 1. The third kappa shape index (κ3) is 4.05. The maximum atomic E-state index is 11.5. The number of hydrogen-bond acceptors (Lipinski definition) is 4. The largest absolute Gasteiger partial charge is 0.497 e. The van der Waals surface area contributed by atoms with Crippen LogP contribution in [0.25, 0.3) is 0 Å². The fourth-order valence-corrected chi connectivity index (χ4v) is 6.79. The third-order valence-electron chi connectivity index (χ3n) is 8.30. The Balaban J connectivity index is 1.46. The molecular weight excluding hydrogens is 450 g/mol. The zero-order valence-corrected chi connectivity index (χ0v) is 22.6. The van der Waals surface area contributed by atoms with Gasteiger partial charge in [-0.15, -0.1) is 0 Å². The van der Waals surface area contributed by atoms with E-state index in [2.05, 4.69) is 72.4 Å². The lowest BCUT2D eigenvalue weighted by atomic mass is 9.82. The monoisotopic (exact) mass is 490 g/mol. The normalized spacial score (nSPS) is 21.2. The highest BCUT2D eigenvalue weighted by Gasteiger charge is 2.57. The first-order chi connectivity index (χ1) is 17.3. The van der Waals surface area contributed by atoms with E-state index in [1.54, 1.807) is 14.2 Å². The number of aryl methyl sites for hydroxylation is 2. The number of aliphatic hydroxyl groups excluding tert-OH is 1. The summed E-state index contributed by atoms with van der Waals surface area (Å²) >= 11 is 0. The number of methoxy groups -OCH3 is 2. The lowest BCUT2D eigenvalue weighted by Crippen LogP contribution is -2.51. The number of ether oxygens (including phenoxy) is 2. The van der Waals surface area contributed by atoms with Gasteiger partial charge in [-0.25, -0.2) is 4.58 Å². The molecule has 1 fully saturated rings. The molecule has 1 spiro atoms. The number of fused-ring (bicyclic) bond motifs is 3. The Kier molecular flexibility index (Phi) is 6.50. The number of piperidine rings is 1. The number of hydrogen-bond donors (Lipinski definition) is 1. The summed E-state index contributed by atoms with van der Waals surface area (Å²) in [6.45, 7) is 13.1. The first kappa shape index (κ1) is 24.7. The van der Waals surface area contributed by atoms with Gasteiger partial charge in [0.25, 0.3) is 0 Å². The van der Waals surface area contributed by atoms with Crippen LogP contribution < -0.4 is 9.47 Å². The number of allylic oxidation sites excluding steroid dienone is 1. The van der Waals surface area contributed by atoms with Crippen LogP contribution in [-0.2, 0) is 13.1 Å². The Morgan fingerprint density at radius 3 is 2.33 bits per heavy atom. The van der Waals surface area contributed by atoms with Crippen molar-refractivity contribution in [2.45, 2.75) is 65.1 Å². The molecule has 0 bridgehead atoms. The van der Waals surface area contributed by atoms with Gasteiger partial charge in [-0.3, -0.25) is 4.90 Å². The fraction of sp³-hybridized carbons (Fsp3) is 0.500. The molecule has 3 heterocycles. The van der Waals surface area contributed by atoms with Crippen molar-refractivity contribution >= 4 is 6.02 Å². The Bertz CT molecular complexity index is 1200. The predicted octanol–water partition coefficient (Wildman–Crippen LogP) is 5.12. The minimum Gasteiger partial charge on any atom is -0.497 e. The lowest BCUT2D eigenvalue weighted by molar-refractivity contribution is -0.600. The molecule has 6 nitrogen and oxygen atoms in total. The zero-order valence-electron chi connectivity index (χ0n) is 22.6. The van der Waals surface area contributed by atoms with E-state index in [1.807, 2.05) is 6.07 Å². The van der Waals surface area contributed by atoms with Crippen LogP contribution in [0.15, 0.2) is 42.1 Å². The van der Waals surface area contributed by atoms with Crippen LogP contribution in [0.1, 0.15) is 60.4 Å². The van der Waals surface area contributed by atoms with Crippen molar-refractivity contribution in [2.75, 3.05) is 33.9 Å². The maximum absolute atomic E-state index is 11.5. The van der Waals surface area contributed by atoms with Crippen LogP contribution in [0.5, 0.6) is 11.5 Å². The average Bonchev–Trinajstić information content (AvgIpc) is 2.95. The van der Waals surface area contributed by atoms with Crippen molar-refractivity contribution in [1.82, 2.24) is 9.80 Å². The molecule has 1 saturated heterocycles. The molecule has 1 unspecified atom stereocenters. The predicted molar refractivity (Wildman–Crippen MR) is 143 cm³/mol. The molecule has 0 radical (unpaired) electrons. The van der Waals surface area contributed by atoms with Gasteiger partial charge in [0.15, 0.2) is 11.2 Å².